The number of nitrogens with zero attached hydrogens (tertiary/aromatic N) is 1. The first kappa shape index (κ1) is 26.4. The predicted molar refractivity (Wildman–Crippen MR) is 151 cm³/mol. The molecule has 0 aliphatic carbocycles. The first-order valence-electron chi connectivity index (χ1n) is 12.6. The van der Waals surface area contributed by atoms with Crippen molar-refractivity contribution in [3.63, 3.8) is 0 Å². The van der Waals surface area contributed by atoms with Crippen molar-refractivity contribution < 1.29 is 19.1 Å². The summed E-state index contributed by atoms with van der Waals surface area (Å²) in [5.41, 5.74) is 6.11. The standard InChI is InChI=1S/C31H31N3O4/c1-3-37-29-19-23(13-16-28(29)38-21-25-9-6-8-24-7-4-5-10-27(24)25)20-32-34-31(36)18-17-30(35)33-26-14-11-22(2)12-15-26/h4-16,19-20H,3,17-18,21H2,1-2H3,(H,33,35)(H,34,36). The molecule has 0 spiro atoms. The number of nitrogens with one attached hydrogen (secondary N) is 2. The zero-order valence-electron chi connectivity index (χ0n) is 21.6. The average Bonchev–Trinajstić information content (AvgIpc) is 2.93. The van der Waals surface area contributed by atoms with Gasteiger partial charge in [-0.2, -0.15) is 5.10 Å². The molecule has 2 N–H and O–H groups in total. The lowest BCUT2D eigenvalue weighted by molar-refractivity contribution is -0.124. The minimum Gasteiger partial charge on any atom is -0.490 e. The number of hydrogen-bond donors (Lipinski definition) is 2. The molecule has 0 bridgehead atoms. The zero-order valence-corrected chi connectivity index (χ0v) is 21.6. The van der Waals surface area contributed by atoms with E-state index in [1.54, 1.807) is 0 Å². The van der Waals surface area contributed by atoms with Crippen LogP contribution in [-0.2, 0) is 16.2 Å². The van der Waals surface area contributed by atoms with Crippen molar-refractivity contribution in [1.82, 2.24) is 5.43 Å². The molecule has 0 saturated carbocycles. The molecule has 38 heavy (non-hydrogen) atoms. The predicted octanol–water partition coefficient (Wildman–Crippen LogP) is 5.99. The van der Waals surface area contributed by atoms with Crippen LogP contribution in [0.1, 0.15) is 36.5 Å². The van der Waals surface area contributed by atoms with Gasteiger partial charge in [0.15, 0.2) is 11.5 Å². The second kappa shape index (κ2) is 13.1. The minimum atomic E-state index is -0.347. The van der Waals surface area contributed by atoms with Crippen LogP contribution < -0.4 is 20.2 Å². The van der Waals surface area contributed by atoms with Gasteiger partial charge in [0.1, 0.15) is 6.61 Å². The van der Waals surface area contributed by atoms with Crippen LogP contribution >= 0.6 is 0 Å². The van der Waals surface area contributed by atoms with Crippen LogP contribution in [0.25, 0.3) is 10.8 Å². The van der Waals surface area contributed by atoms with Crippen LogP contribution in [0.3, 0.4) is 0 Å². The molecule has 4 rings (SSSR count). The van der Waals surface area contributed by atoms with Crippen molar-refractivity contribution in [3.8, 4) is 11.5 Å². The molecule has 4 aromatic carbocycles. The number of hydrogen-bond acceptors (Lipinski definition) is 5. The van der Waals surface area contributed by atoms with Gasteiger partial charge >= 0.3 is 0 Å². The van der Waals surface area contributed by atoms with E-state index in [1.165, 1.54) is 11.6 Å². The molecule has 0 aliphatic rings. The summed E-state index contributed by atoms with van der Waals surface area (Å²) < 4.78 is 11.9. The molecule has 7 heteroatoms. The number of carbonyl (C=O) groups is 2. The fraction of sp³-hybridized carbons (Fsp3) is 0.194. The lowest BCUT2D eigenvalue weighted by Crippen LogP contribution is -2.20. The van der Waals surface area contributed by atoms with Crippen LogP contribution in [0.5, 0.6) is 11.5 Å². The molecule has 194 valence electrons. The largest absolute Gasteiger partial charge is 0.490 e. The quantitative estimate of drug-likeness (QED) is 0.192. The van der Waals surface area contributed by atoms with E-state index in [4.69, 9.17) is 9.47 Å². The maximum atomic E-state index is 12.1. The molecule has 4 aromatic rings. The van der Waals surface area contributed by atoms with E-state index >= 15 is 0 Å². The van der Waals surface area contributed by atoms with Crippen molar-refractivity contribution in [2.45, 2.75) is 33.3 Å². The van der Waals surface area contributed by atoms with Gasteiger partial charge in [-0.1, -0.05) is 60.2 Å². The first-order chi connectivity index (χ1) is 18.5. The SMILES string of the molecule is CCOc1cc(C=NNC(=O)CCC(=O)Nc2ccc(C)cc2)ccc1OCc1cccc2ccccc12. The Balaban J connectivity index is 1.30. The summed E-state index contributed by atoms with van der Waals surface area (Å²) in [5, 5.41) is 9.11. The smallest absolute Gasteiger partial charge is 0.240 e. The van der Waals surface area contributed by atoms with Gasteiger partial charge in [0, 0.05) is 18.5 Å². The Hall–Kier alpha value is -4.65. The van der Waals surface area contributed by atoms with Crippen LogP contribution in [0.2, 0.25) is 0 Å². The fourth-order valence-electron chi connectivity index (χ4n) is 3.89. The number of ether oxygens (including phenoxy) is 2. The van der Waals surface area contributed by atoms with Crippen molar-refractivity contribution in [2.75, 3.05) is 11.9 Å². The summed E-state index contributed by atoms with van der Waals surface area (Å²) in [7, 11) is 0. The maximum Gasteiger partial charge on any atom is 0.240 e. The maximum absolute atomic E-state index is 12.1. The van der Waals surface area contributed by atoms with Gasteiger partial charge < -0.3 is 14.8 Å². The third-order valence-corrected chi connectivity index (χ3v) is 5.85. The number of rotatable bonds is 11. The number of aryl methyl sites for hydroxylation is 1. The Morgan fingerprint density at radius 3 is 2.42 bits per heavy atom. The summed E-state index contributed by atoms with van der Waals surface area (Å²) in [6.07, 6.45) is 1.62. The van der Waals surface area contributed by atoms with Crippen LogP contribution in [0.4, 0.5) is 5.69 Å². The molecule has 0 saturated heterocycles. The highest BCUT2D eigenvalue weighted by Crippen LogP contribution is 2.30. The zero-order chi connectivity index (χ0) is 26.7. The molecule has 0 fully saturated rings. The van der Waals surface area contributed by atoms with Crippen LogP contribution in [0, 0.1) is 6.92 Å². The van der Waals surface area contributed by atoms with Gasteiger partial charge in [-0.15, -0.1) is 0 Å². The Morgan fingerprint density at radius 1 is 0.842 bits per heavy atom. The molecule has 0 radical (unpaired) electrons. The molecule has 0 aromatic heterocycles. The molecule has 0 atom stereocenters. The summed E-state index contributed by atoms with van der Waals surface area (Å²) in [6.45, 7) is 4.77. The van der Waals surface area contributed by atoms with E-state index in [0.29, 0.717) is 30.4 Å². The Bertz CT molecular complexity index is 1430. The number of benzene rings is 4. The monoisotopic (exact) mass is 509 g/mol. The highest BCUT2D eigenvalue weighted by Gasteiger charge is 2.09. The Labute approximate surface area is 222 Å². The molecule has 0 unspecified atom stereocenters. The molecule has 0 heterocycles. The third kappa shape index (κ3) is 7.43. The van der Waals surface area contributed by atoms with Crippen molar-refractivity contribution in [1.29, 1.82) is 0 Å². The number of carbonyl (C=O) groups excluding carboxylic acids is 2. The number of hydrazone groups is 1. The van der Waals surface area contributed by atoms with E-state index in [2.05, 4.69) is 40.1 Å². The van der Waals surface area contributed by atoms with Gasteiger partial charge in [-0.3, -0.25) is 9.59 Å². The summed E-state index contributed by atoms with van der Waals surface area (Å²) >= 11 is 0. The van der Waals surface area contributed by atoms with E-state index < -0.39 is 0 Å². The summed E-state index contributed by atoms with van der Waals surface area (Å²) in [6, 6.07) is 27.3. The first-order valence-corrected chi connectivity index (χ1v) is 12.6. The number of fused-ring (bicyclic) bond motifs is 1. The number of amides is 2. The second-order valence-corrected chi connectivity index (χ2v) is 8.77. The third-order valence-electron chi connectivity index (χ3n) is 5.85. The highest BCUT2D eigenvalue weighted by molar-refractivity contribution is 5.93. The van der Waals surface area contributed by atoms with Gasteiger partial charge in [-0.05, 0) is 66.1 Å². The van der Waals surface area contributed by atoms with Crippen molar-refractivity contribution >= 4 is 34.5 Å². The normalized spacial score (nSPS) is 10.9. The van der Waals surface area contributed by atoms with Crippen molar-refractivity contribution in [2.24, 2.45) is 5.10 Å². The van der Waals surface area contributed by atoms with Gasteiger partial charge in [0.25, 0.3) is 0 Å². The molecular weight excluding hydrogens is 478 g/mol. The van der Waals surface area contributed by atoms with E-state index in [9.17, 15) is 9.59 Å². The summed E-state index contributed by atoms with van der Waals surface area (Å²) in [5.74, 6) is 0.644. The second-order valence-electron chi connectivity index (χ2n) is 8.77. The van der Waals surface area contributed by atoms with E-state index in [1.807, 2.05) is 74.5 Å². The number of anilines is 1. The lowest BCUT2D eigenvalue weighted by Gasteiger charge is -2.13. The molecular formula is C31H31N3O4. The summed E-state index contributed by atoms with van der Waals surface area (Å²) in [4.78, 5) is 24.2. The van der Waals surface area contributed by atoms with Gasteiger partial charge in [0.05, 0.1) is 12.8 Å². The fourth-order valence-corrected chi connectivity index (χ4v) is 3.89. The van der Waals surface area contributed by atoms with E-state index in [0.717, 1.165) is 22.1 Å². The van der Waals surface area contributed by atoms with Gasteiger partial charge in [0.2, 0.25) is 11.8 Å². The van der Waals surface area contributed by atoms with Crippen LogP contribution in [-0.4, -0.2) is 24.6 Å². The Kier molecular flexibility index (Phi) is 9.07. The van der Waals surface area contributed by atoms with Crippen molar-refractivity contribution in [3.05, 3.63) is 102 Å². The molecule has 0 aliphatic heterocycles. The minimum absolute atomic E-state index is 0.0280. The molecule has 2 amide bonds. The van der Waals surface area contributed by atoms with Gasteiger partial charge in [-0.25, -0.2) is 5.43 Å². The van der Waals surface area contributed by atoms with Crippen LogP contribution in [0.15, 0.2) is 90.0 Å². The topological polar surface area (TPSA) is 89.0 Å². The van der Waals surface area contributed by atoms with E-state index in [-0.39, 0.29) is 24.7 Å². The average molecular weight is 510 g/mol. The Morgan fingerprint density at radius 2 is 1.61 bits per heavy atom. The highest BCUT2D eigenvalue weighted by atomic mass is 16.5. The molecule has 7 nitrogen and oxygen atoms in total. The lowest BCUT2D eigenvalue weighted by atomic mass is 10.1.